The zero-order valence-corrected chi connectivity index (χ0v) is 8.49. The Morgan fingerprint density at radius 3 is 2.47 bits per heavy atom. The minimum Gasteiger partial charge on any atom is -0.481 e. The molecule has 0 radical (unpaired) electrons. The number of benzene rings is 1. The number of carbonyl (C=O) groups is 1. The molecule has 17 heavy (non-hydrogen) atoms. The van der Waals surface area contributed by atoms with E-state index in [4.69, 9.17) is 5.11 Å². The second-order valence-electron chi connectivity index (χ2n) is 3.32. The lowest BCUT2D eigenvalue weighted by Gasteiger charge is -2.12. The molecule has 0 heterocycles. The molecule has 0 saturated heterocycles. The number of rotatable bonds is 4. The number of aryl methyl sites for hydroxylation is 1. The van der Waals surface area contributed by atoms with Crippen molar-refractivity contribution in [1.29, 1.82) is 0 Å². The Morgan fingerprint density at radius 1 is 1.35 bits per heavy atom. The average molecular weight is 247 g/mol. The van der Waals surface area contributed by atoms with E-state index in [0.717, 1.165) is 12.1 Å². The molecule has 0 saturated carbocycles. The Bertz CT molecular complexity index is 443. The van der Waals surface area contributed by atoms with Crippen LogP contribution in [0.3, 0.4) is 0 Å². The molecule has 0 amide bonds. The lowest BCUT2D eigenvalue weighted by Crippen LogP contribution is -2.10. The minimum absolute atomic E-state index is 0.160. The van der Waals surface area contributed by atoms with Crippen molar-refractivity contribution in [3.8, 4) is 0 Å². The van der Waals surface area contributed by atoms with Crippen LogP contribution >= 0.6 is 0 Å². The molecule has 1 aromatic rings. The number of carboxylic acid groups (broad SMARTS) is 1. The predicted octanol–water partition coefficient (Wildman–Crippen LogP) is 3.12. The maximum absolute atomic E-state index is 12.6. The number of nitroso groups, excluding NO2 is 1. The van der Waals surface area contributed by atoms with Gasteiger partial charge in [0.05, 0.1) is 5.56 Å². The molecule has 0 atom stereocenters. The Kier molecular flexibility index (Phi) is 3.82. The van der Waals surface area contributed by atoms with Gasteiger partial charge in [0.25, 0.3) is 0 Å². The predicted molar refractivity (Wildman–Crippen MR) is 52.9 cm³/mol. The normalized spacial score (nSPS) is 11.2. The van der Waals surface area contributed by atoms with Crippen LogP contribution < -0.4 is 0 Å². The van der Waals surface area contributed by atoms with E-state index in [0.29, 0.717) is 6.07 Å². The lowest BCUT2D eigenvalue weighted by molar-refractivity contribution is -0.140. The molecule has 92 valence electrons. The Balaban J connectivity index is 3.11. The molecule has 4 nitrogen and oxygen atoms in total. The van der Waals surface area contributed by atoms with Gasteiger partial charge >= 0.3 is 12.1 Å². The summed E-state index contributed by atoms with van der Waals surface area (Å²) in [5.74, 6) is -1.18. The van der Waals surface area contributed by atoms with Gasteiger partial charge in [-0.2, -0.15) is 13.2 Å². The number of hydrogen-bond donors (Lipinski definition) is 1. The Morgan fingerprint density at radius 2 is 2.00 bits per heavy atom. The van der Waals surface area contributed by atoms with Crippen molar-refractivity contribution >= 4 is 11.7 Å². The van der Waals surface area contributed by atoms with Gasteiger partial charge in [-0.25, -0.2) is 0 Å². The number of alkyl halides is 3. The van der Waals surface area contributed by atoms with Crippen LogP contribution in [0, 0.1) is 4.91 Å². The summed E-state index contributed by atoms with van der Waals surface area (Å²) >= 11 is 0. The van der Waals surface area contributed by atoms with Crippen molar-refractivity contribution in [3.63, 3.8) is 0 Å². The number of carboxylic acids is 1. The van der Waals surface area contributed by atoms with Gasteiger partial charge in [-0.3, -0.25) is 4.79 Å². The molecule has 7 heteroatoms. The highest BCUT2D eigenvalue weighted by Crippen LogP contribution is 2.34. The largest absolute Gasteiger partial charge is 0.481 e. The topological polar surface area (TPSA) is 66.7 Å². The maximum atomic E-state index is 12.6. The second kappa shape index (κ2) is 4.94. The van der Waals surface area contributed by atoms with Gasteiger partial charge in [0.2, 0.25) is 0 Å². The fourth-order valence-corrected chi connectivity index (χ4v) is 1.34. The standard InChI is InChI=1S/C10H8F3NO3/c11-10(12,13)8-5-7(14-17)3-1-6(8)2-4-9(15)16/h1,3,5H,2,4H2,(H,15,16). The van der Waals surface area contributed by atoms with E-state index in [1.165, 1.54) is 0 Å². The summed E-state index contributed by atoms with van der Waals surface area (Å²) in [5, 5.41) is 10.8. The van der Waals surface area contributed by atoms with E-state index < -0.39 is 24.1 Å². The molecule has 0 fully saturated rings. The lowest BCUT2D eigenvalue weighted by atomic mass is 10.0. The third-order valence-electron chi connectivity index (χ3n) is 2.11. The van der Waals surface area contributed by atoms with Crippen molar-refractivity contribution in [1.82, 2.24) is 0 Å². The van der Waals surface area contributed by atoms with Crippen molar-refractivity contribution in [2.75, 3.05) is 0 Å². The van der Waals surface area contributed by atoms with E-state index in [2.05, 4.69) is 5.18 Å². The van der Waals surface area contributed by atoms with Gasteiger partial charge in [-0.15, -0.1) is 4.91 Å². The summed E-state index contributed by atoms with van der Waals surface area (Å²) in [6, 6.07) is 2.81. The number of hydrogen-bond acceptors (Lipinski definition) is 3. The number of aliphatic carboxylic acids is 1. The molecular weight excluding hydrogens is 239 g/mol. The summed E-state index contributed by atoms with van der Waals surface area (Å²) in [6.07, 6.45) is -5.28. The fraction of sp³-hybridized carbons (Fsp3) is 0.300. The summed E-state index contributed by atoms with van der Waals surface area (Å²) in [6.45, 7) is 0. The van der Waals surface area contributed by atoms with Gasteiger partial charge < -0.3 is 5.11 Å². The van der Waals surface area contributed by atoms with E-state index in [1.807, 2.05) is 0 Å². The van der Waals surface area contributed by atoms with Crippen LogP contribution in [0.2, 0.25) is 0 Å². The Labute approximate surface area is 94.0 Å². The van der Waals surface area contributed by atoms with Gasteiger partial charge in [0, 0.05) is 6.42 Å². The summed E-state index contributed by atoms with van der Waals surface area (Å²) in [7, 11) is 0. The van der Waals surface area contributed by atoms with Crippen LogP contribution in [0.4, 0.5) is 18.9 Å². The van der Waals surface area contributed by atoms with Crippen molar-refractivity contribution in [2.24, 2.45) is 5.18 Å². The van der Waals surface area contributed by atoms with Gasteiger partial charge in [0.15, 0.2) is 0 Å². The van der Waals surface area contributed by atoms with Crippen LogP contribution in [0.25, 0.3) is 0 Å². The summed E-state index contributed by atoms with van der Waals surface area (Å²) < 4.78 is 37.8. The molecule has 0 unspecified atom stereocenters. The van der Waals surface area contributed by atoms with Crippen LogP contribution in [0.5, 0.6) is 0 Å². The first-order valence-corrected chi connectivity index (χ1v) is 4.60. The van der Waals surface area contributed by atoms with E-state index in [9.17, 15) is 22.9 Å². The zero-order chi connectivity index (χ0) is 13.1. The highest BCUT2D eigenvalue weighted by atomic mass is 19.4. The van der Waals surface area contributed by atoms with Crippen molar-refractivity contribution in [3.05, 3.63) is 34.2 Å². The molecule has 1 N–H and O–H groups in total. The first-order chi connectivity index (χ1) is 7.84. The minimum atomic E-state index is -4.63. The number of halogens is 3. The molecule has 0 spiro atoms. The van der Waals surface area contributed by atoms with E-state index in [1.54, 1.807) is 0 Å². The van der Waals surface area contributed by atoms with Crippen LogP contribution in [0.15, 0.2) is 23.4 Å². The van der Waals surface area contributed by atoms with Crippen LogP contribution in [-0.2, 0) is 17.4 Å². The quantitative estimate of drug-likeness (QED) is 0.831. The summed E-state index contributed by atoms with van der Waals surface area (Å²) in [4.78, 5) is 20.5. The first-order valence-electron chi connectivity index (χ1n) is 4.60. The highest BCUT2D eigenvalue weighted by molar-refractivity contribution is 5.67. The molecule has 0 aliphatic heterocycles. The van der Waals surface area contributed by atoms with Gasteiger partial charge in [-0.1, -0.05) is 6.07 Å². The molecular formula is C10H8F3NO3. The van der Waals surface area contributed by atoms with Crippen LogP contribution in [-0.4, -0.2) is 11.1 Å². The third-order valence-corrected chi connectivity index (χ3v) is 2.11. The SMILES string of the molecule is O=Nc1ccc(CCC(=O)O)c(C(F)(F)F)c1. The zero-order valence-electron chi connectivity index (χ0n) is 8.49. The molecule has 0 aliphatic carbocycles. The highest BCUT2D eigenvalue weighted by Gasteiger charge is 2.33. The summed E-state index contributed by atoms with van der Waals surface area (Å²) in [5.41, 5.74) is -1.51. The maximum Gasteiger partial charge on any atom is 0.416 e. The average Bonchev–Trinajstić information content (AvgIpc) is 2.24. The first kappa shape index (κ1) is 13.1. The van der Waals surface area contributed by atoms with E-state index >= 15 is 0 Å². The van der Waals surface area contributed by atoms with Crippen LogP contribution in [0.1, 0.15) is 17.5 Å². The van der Waals surface area contributed by atoms with Gasteiger partial charge in [0.1, 0.15) is 5.69 Å². The smallest absolute Gasteiger partial charge is 0.416 e. The second-order valence-corrected chi connectivity index (χ2v) is 3.32. The van der Waals surface area contributed by atoms with E-state index in [-0.39, 0.29) is 17.7 Å². The molecule has 1 rings (SSSR count). The molecule has 0 aromatic heterocycles. The Hall–Kier alpha value is -1.92. The molecule has 1 aromatic carbocycles. The van der Waals surface area contributed by atoms with Crippen molar-refractivity contribution in [2.45, 2.75) is 19.0 Å². The molecule has 0 bridgehead atoms. The fourth-order valence-electron chi connectivity index (χ4n) is 1.34. The van der Waals surface area contributed by atoms with Gasteiger partial charge in [-0.05, 0) is 29.3 Å². The third kappa shape index (κ3) is 3.54. The monoisotopic (exact) mass is 247 g/mol. The number of nitrogens with zero attached hydrogens (tertiary/aromatic N) is 1. The molecule has 0 aliphatic rings. The van der Waals surface area contributed by atoms with Crippen molar-refractivity contribution < 1.29 is 23.1 Å².